The molecule has 3 heterocycles. The number of piperidine rings is 1. The van der Waals surface area contributed by atoms with E-state index in [0.717, 1.165) is 30.1 Å². The molecule has 24 heavy (non-hydrogen) atoms. The molecule has 6 nitrogen and oxygen atoms in total. The van der Waals surface area contributed by atoms with Crippen molar-refractivity contribution in [2.45, 2.75) is 18.9 Å². The van der Waals surface area contributed by atoms with Crippen LogP contribution >= 0.6 is 0 Å². The number of fused-ring (bicyclic) bond motifs is 1. The number of benzene rings is 1. The Labute approximate surface area is 141 Å². The Morgan fingerprint density at radius 1 is 1.25 bits per heavy atom. The Kier molecular flexibility index (Phi) is 3.98. The lowest BCUT2D eigenvalue weighted by Gasteiger charge is -2.39. The highest BCUT2D eigenvalue weighted by Gasteiger charge is 2.32. The number of nitrogens with one attached hydrogen (secondary N) is 2. The molecule has 1 aliphatic heterocycles. The van der Waals surface area contributed by atoms with Crippen molar-refractivity contribution in [2.75, 3.05) is 25.5 Å². The van der Waals surface area contributed by atoms with Crippen molar-refractivity contribution in [1.82, 2.24) is 24.6 Å². The standard InChI is InChI=1S/C18H24N6/c1-23-11-5-6-13(17(23)16-9-10-20-24(16)2)12-19-18-21-14-7-3-4-8-15(14)22-18/h3-4,7-10,13,17H,5-6,11-12H2,1-2H3,(H2,19,21,22)/t13-,17+/m0/s1. The van der Waals surface area contributed by atoms with Gasteiger partial charge in [0.05, 0.1) is 22.8 Å². The van der Waals surface area contributed by atoms with Crippen molar-refractivity contribution < 1.29 is 0 Å². The van der Waals surface area contributed by atoms with Gasteiger partial charge in [-0.3, -0.25) is 9.58 Å². The molecule has 2 atom stereocenters. The van der Waals surface area contributed by atoms with Crippen LogP contribution in [0.15, 0.2) is 36.5 Å². The van der Waals surface area contributed by atoms with E-state index in [4.69, 9.17) is 0 Å². The van der Waals surface area contributed by atoms with Crippen molar-refractivity contribution in [3.63, 3.8) is 0 Å². The minimum absolute atomic E-state index is 0.392. The summed E-state index contributed by atoms with van der Waals surface area (Å²) < 4.78 is 2.00. The molecule has 2 aromatic heterocycles. The molecular weight excluding hydrogens is 300 g/mol. The summed E-state index contributed by atoms with van der Waals surface area (Å²) in [5.41, 5.74) is 3.36. The zero-order valence-electron chi connectivity index (χ0n) is 14.2. The molecular formula is C18H24N6. The van der Waals surface area contributed by atoms with E-state index in [2.05, 4.69) is 44.5 Å². The van der Waals surface area contributed by atoms with Crippen molar-refractivity contribution >= 4 is 17.0 Å². The SMILES string of the molecule is CN1CCC[C@@H](CNc2nc3ccccc3[nH]2)[C@@H]1c1ccnn1C. The van der Waals surface area contributed by atoms with Gasteiger partial charge in [0.2, 0.25) is 5.95 Å². The Balaban J connectivity index is 1.52. The van der Waals surface area contributed by atoms with E-state index in [-0.39, 0.29) is 0 Å². The molecule has 6 heteroatoms. The zero-order valence-corrected chi connectivity index (χ0v) is 14.2. The number of aromatic amines is 1. The average molecular weight is 324 g/mol. The highest BCUT2D eigenvalue weighted by Crippen LogP contribution is 2.34. The molecule has 0 saturated carbocycles. The highest BCUT2D eigenvalue weighted by molar-refractivity contribution is 5.77. The zero-order chi connectivity index (χ0) is 16.5. The number of aryl methyl sites for hydroxylation is 1. The van der Waals surface area contributed by atoms with Crippen LogP contribution in [0.2, 0.25) is 0 Å². The Hall–Kier alpha value is -2.34. The topological polar surface area (TPSA) is 61.8 Å². The minimum Gasteiger partial charge on any atom is -0.355 e. The van der Waals surface area contributed by atoms with Crippen molar-refractivity contribution in [3.8, 4) is 0 Å². The number of likely N-dealkylation sites (tertiary alicyclic amines) is 1. The summed E-state index contributed by atoms with van der Waals surface area (Å²) >= 11 is 0. The van der Waals surface area contributed by atoms with Gasteiger partial charge in [-0.1, -0.05) is 12.1 Å². The van der Waals surface area contributed by atoms with Gasteiger partial charge < -0.3 is 10.3 Å². The number of H-pyrrole nitrogens is 1. The molecule has 0 spiro atoms. The summed E-state index contributed by atoms with van der Waals surface area (Å²) in [5, 5.41) is 7.87. The normalized spacial score (nSPS) is 22.1. The van der Waals surface area contributed by atoms with Crippen molar-refractivity contribution in [3.05, 3.63) is 42.2 Å². The van der Waals surface area contributed by atoms with Gasteiger partial charge in [0.15, 0.2) is 0 Å². The number of hydrogen-bond acceptors (Lipinski definition) is 4. The Morgan fingerprint density at radius 2 is 2.12 bits per heavy atom. The summed E-state index contributed by atoms with van der Waals surface area (Å²) in [6, 6.07) is 10.7. The van der Waals surface area contributed by atoms with Crippen LogP contribution in [-0.4, -0.2) is 44.8 Å². The summed E-state index contributed by atoms with van der Waals surface area (Å²) in [6.45, 7) is 2.04. The molecule has 0 amide bonds. The van der Waals surface area contributed by atoms with Crippen LogP contribution in [0, 0.1) is 5.92 Å². The van der Waals surface area contributed by atoms with Gasteiger partial charge in [-0.05, 0) is 50.6 Å². The first-order valence-corrected chi connectivity index (χ1v) is 8.59. The quantitative estimate of drug-likeness (QED) is 0.775. The molecule has 3 aromatic rings. The van der Waals surface area contributed by atoms with E-state index in [1.54, 1.807) is 0 Å². The first-order chi connectivity index (χ1) is 11.7. The lowest BCUT2D eigenvalue weighted by Crippen LogP contribution is -2.40. The molecule has 126 valence electrons. The maximum atomic E-state index is 4.62. The van der Waals surface area contributed by atoms with E-state index >= 15 is 0 Å². The van der Waals surface area contributed by atoms with Crippen LogP contribution in [0.25, 0.3) is 11.0 Å². The molecule has 4 rings (SSSR count). The van der Waals surface area contributed by atoms with Crippen molar-refractivity contribution in [2.24, 2.45) is 13.0 Å². The average Bonchev–Trinajstić information content (AvgIpc) is 3.18. The third-order valence-corrected chi connectivity index (χ3v) is 5.09. The van der Waals surface area contributed by atoms with Gasteiger partial charge in [-0.15, -0.1) is 0 Å². The number of imidazole rings is 1. The van der Waals surface area contributed by atoms with Gasteiger partial charge in [0.25, 0.3) is 0 Å². The fourth-order valence-corrected chi connectivity index (χ4v) is 3.88. The lowest BCUT2D eigenvalue weighted by atomic mass is 9.87. The fraction of sp³-hybridized carbons (Fsp3) is 0.444. The van der Waals surface area contributed by atoms with Crippen LogP contribution < -0.4 is 5.32 Å². The van der Waals surface area contributed by atoms with Gasteiger partial charge in [0.1, 0.15) is 0 Å². The number of anilines is 1. The van der Waals surface area contributed by atoms with E-state index in [1.165, 1.54) is 18.5 Å². The molecule has 0 unspecified atom stereocenters. The molecule has 1 fully saturated rings. The highest BCUT2D eigenvalue weighted by atomic mass is 15.3. The fourth-order valence-electron chi connectivity index (χ4n) is 3.88. The largest absolute Gasteiger partial charge is 0.355 e. The van der Waals surface area contributed by atoms with Crippen LogP contribution in [-0.2, 0) is 7.05 Å². The second kappa shape index (κ2) is 6.28. The van der Waals surface area contributed by atoms with E-state index in [0.29, 0.717) is 12.0 Å². The second-order valence-corrected chi connectivity index (χ2v) is 6.69. The van der Waals surface area contributed by atoms with E-state index in [9.17, 15) is 0 Å². The maximum Gasteiger partial charge on any atom is 0.201 e. The molecule has 1 aliphatic rings. The molecule has 0 aliphatic carbocycles. The Morgan fingerprint density at radius 3 is 2.92 bits per heavy atom. The van der Waals surface area contributed by atoms with Gasteiger partial charge in [0, 0.05) is 19.8 Å². The first-order valence-electron chi connectivity index (χ1n) is 8.59. The monoisotopic (exact) mass is 324 g/mol. The van der Waals surface area contributed by atoms with Crippen LogP contribution in [0.4, 0.5) is 5.95 Å². The number of rotatable bonds is 4. The first kappa shape index (κ1) is 15.2. The lowest BCUT2D eigenvalue weighted by molar-refractivity contribution is 0.121. The number of hydrogen-bond donors (Lipinski definition) is 2. The van der Waals surface area contributed by atoms with E-state index < -0.39 is 0 Å². The van der Waals surface area contributed by atoms with Crippen LogP contribution in [0.3, 0.4) is 0 Å². The molecule has 0 radical (unpaired) electrons. The number of aromatic nitrogens is 4. The van der Waals surface area contributed by atoms with Crippen molar-refractivity contribution in [1.29, 1.82) is 0 Å². The third kappa shape index (κ3) is 2.78. The smallest absolute Gasteiger partial charge is 0.201 e. The van der Waals surface area contributed by atoms with E-state index in [1.807, 2.05) is 36.1 Å². The predicted molar refractivity (Wildman–Crippen MR) is 95.9 cm³/mol. The summed E-state index contributed by atoms with van der Waals surface area (Å²) in [6.07, 6.45) is 4.34. The second-order valence-electron chi connectivity index (χ2n) is 6.69. The molecule has 2 N–H and O–H groups in total. The van der Waals surface area contributed by atoms with Crippen LogP contribution in [0.5, 0.6) is 0 Å². The van der Waals surface area contributed by atoms with Crippen LogP contribution in [0.1, 0.15) is 24.6 Å². The molecule has 0 bridgehead atoms. The maximum absolute atomic E-state index is 4.62. The van der Waals surface area contributed by atoms with Gasteiger partial charge >= 0.3 is 0 Å². The number of para-hydroxylation sites is 2. The third-order valence-electron chi connectivity index (χ3n) is 5.09. The number of nitrogens with zero attached hydrogens (tertiary/aromatic N) is 4. The molecule has 1 aromatic carbocycles. The summed E-state index contributed by atoms with van der Waals surface area (Å²) in [4.78, 5) is 10.4. The molecule has 1 saturated heterocycles. The van der Waals surface area contributed by atoms with Gasteiger partial charge in [-0.25, -0.2) is 4.98 Å². The minimum atomic E-state index is 0.392. The summed E-state index contributed by atoms with van der Waals surface area (Å²) in [7, 11) is 4.24. The van der Waals surface area contributed by atoms with Gasteiger partial charge in [-0.2, -0.15) is 5.10 Å². The summed E-state index contributed by atoms with van der Waals surface area (Å²) in [5.74, 6) is 1.39. The predicted octanol–water partition coefficient (Wildman–Crippen LogP) is 2.79. The Bertz CT molecular complexity index is 787.